The highest BCUT2D eigenvalue weighted by Gasteiger charge is 2.08. The molecule has 1 amide bonds. The zero-order valence-electron chi connectivity index (χ0n) is 10.8. The highest BCUT2D eigenvalue weighted by Crippen LogP contribution is 2.16. The van der Waals surface area contributed by atoms with E-state index in [0.717, 1.165) is 10.9 Å². The van der Waals surface area contributed by atoms with Gasteiger partial charge in [-0.15, -0.1) is 0 Å². The van der Waals surface area contributed by atoms with Crippen molar-refractivity contribution in [1.82, 2.24) is 9.88 Å². The third-order valence-electron chi connectivity index (χ3n) is 3.24. The Labute approximate surface area is 116 Å². The Morgan fingerprint density at radius 1 is 1.05 bits per heavy atom. The lowest BCUT2D eigenvalue weighted by atomic mass is 10.2. The Morgan fingerprint density at radius 3 is 2.65 bits per heavy atom. The van der Waals surface area contributed by atoms with Crippen LogP contribution in [0.25, 0.3) is 10.9 Å². The van der Waals surface area contributed by atoms with Gasteiger partial charge >= 0.3 is 6.03 Å². The van der Waals surface area contributed by atoms with Crippen LogP contribution in [0.5, 0.6) is 5.75 Å². The molecule has 0 spiro atoms. The highest BCUT2D eigenvalue weighted by atomic mass is 16.3. The van der Waals surface area contributed by atoms with Gasteiger partial charge in [0.05, 0.1) is 5.52 Å². The summed E-state index contributed by atoms with van der Waals surface area (Å²) in [6, 6.07) is 16.3. The fourth-order valence-corrected chi connectivity index (χ4v) is 2.18. The number of benzene rings is 2. The van der Waals surface area contributed by atoms with E-state index in [9.17, 15) is 9.90 Å². The van der Waals surface area contributed by atoms with Gasteiger partial charge in [0.1, 0.15) is 5.75 Å². The molecule has 4 nitrogen and oxygen atoms in total. The molecule has 0 saturated heterocycles. The summed E-state index contributed by atoms with van der Waals surface area (Å²) in [5.74, 6) is 0.185. The van der Waals surface area contributed by atoms with Crippen molar-refractivity contribution in [2.45, 2.75) is 6.54 Å². The summed E-state index contributed by atoms with van der Waals surface area (Å²) in [6.45, 7) is 0.290. The van der Waals surface area contributed by atoms with Crippen molar-refractivity contribution in [3.8, 4) is 5.75 Å². The second-order valence-corrected chi connectivity index (χ2v) is 4.53. The van der Waals surface area contributed by atoms with Gasteiger partial charge in [-0.2, -0.15) is 0 Å². The molecule has 0 aliphatic carbocycles. The number of fused-ring (bicyclic) bond motifs is 1. The van der Waals surface area contributed by atoms with Crippen molar-refractivity contribution in [1.29, 1.82) is 0 Å². The third-order valence-corrected chi connectivity index (χ3v) is 3.24. The normalized spacial score (nSPS) is 10.6. The first-order valence-electron chi connectivity index (χ1n) is 6.37. The molecule has 0 atom stereocenters. The number of phenols is 1. The van der Waals surface area contributed by atoms with E-state index in [4.69, 9.17) is 0 Å². The SMILES string of the molecule is O=C(NCc1ccccc1O)n1ccc2ccccc21. The quantitative estimate of drug-likeness (QED) is 0.748. The molecule has 0 aliphatic heterocycles. The molecule has 0 radical (unpaired) electrons. The molecule has 2 aromatic carbocycles. The summed E-state index contributed by atoms with van der Waals surface area (Å²) in [4.78, 5) is 12.2. The van der Waals surface area contributed by atoms with Crippen molar-refractivity contribution in [2.24, 2.45) is 0 Å². The minimum absolute atomic E-state index is 0.185. The van der Waals surface area contributed by atoms with E-state index in [1.54, 1.807) is 29.0 Å². The maximum Gasteiger partial charge on any atom is 0.326 e. The van der Waals surface area contributed by atoms with E-state index >= 15 is 0 Å². The zero-order chi connectivity index (χ0) is 13.9. The molecule has 3 rings (SSSR count). The number of para-hydroxylation sites is 2. The van der Waals surface area contributed by atoms with Gasteiger partial charge in [0.25, 0.3) is 0 Å². The number of amides is 1. The van der Waals surface area contributed by atoms with E-state index in [1.807, 2.05) is 36.4 Å². The Hall–Kier alpha value is -2.75. The van der Waals surface area contributed by atoms with Crippen LogP contribution in [0.1, 0.15) is 5.56 Å². The number of aromatic hydroxyl groups is 1. The number of hydrogen-bond acceptors (Lipinski definition) is 2. The third kappa shape index (κ3) is 2.23. The van der Waals surface area contributed by atoms with Crippen LogP contribution in [-0.4, -0.2) is 15.7 Å². The van der Waals surface area contributed by atoms with Gasteiger partial charge in [0.15, 0.2) is 0 Å². The molecule has 0 fully saturated rings. The lowest BCUT2D eigenvalue weighted by molar-refractivity contribution is 0.243. The van der Waals surface area contributed by atoms with Crippen LogP contribution in [-0.2, 0) is 6.54 Å². The zero-order valence-corrected chi connectivity index (χ0v) is 10.8. The highest BCUT2D eigenvalue weighted by molar-refractivity contribution is 5.91. The number of rotatable bonds is 2. The number of carbonyl (C=O) groups excluding carboxylic acids is 1. The maximum atomic E-state index is 12.2. The molecular formula is C16H14N2O2. The van der Waals surface area contributed by atoms with Gasteiger partial charge in [-0.25, -0.2) is 4.79 Å². The smallest absolute Gasteiger partial charge is 0.326 e. The molecule has 3 aromatic rings. The summed E-state index contributed by atoms with van der Waals surface area (Å²) < 4.78 is 1.56. The van der Waals surface area contributed by atoms with E-state index in [2.05, 4.69) is 5.32 Å². The molecule has 2 N–H and O–H groups in total. The Kier molecular flexibility index (Phi) is 3.13. The van der Waals surface area contributed by atoms with E-state index < -0.39 is 0 Å². The summed E-state index contributed by atoms with van der Waals surface area (Å²) in [5, 5.41) is 13.5. The largest absolute Gasteiger partial charge is 0.508 e. The van der Waals surface area contributed by atoms with Crippen molar-refractivity contribution in [3.63, 3.8) is 0 Å². The van der Waals surface area contributed by atoms with Gasteiger partial charge in [0.2, 0.25) is 0 Å². The number of aromatic nitrogens is 1. The summed E-state index contributed by atoms with van der Waals surface area (Å²) in [5.41, 5.74) is 1.56. The van der Waals surface area contributed by atoms with Crippen LogP contribution in [0.4, 0.5) is 4.79 Å². The second kappa shape index (κ2) is 5.09. The van der Waals surface area contributed by atoms with Crippen molar-refractivity contribution >= 4 is 16.9 Å². The van der Waals surface area contributed by atoms with Gasteiger partial charge in [-0.1, -0.05) is 36.4 Å². The number of carbonyl (C=O) groups is 1. The van der Waals surface area contributed by atoms with E-state index in [0.29, 0.717) is 5.56 Å². The van der Waals surface area contributed by atoms with Crippen molar-refractivity contribution in [2.75, 3.05) is 0 Å². The number of nitrogens with one attached hydrogen (secondary N) is 1. The Bertz CT molecular complexity index is 762. The van der Waals surface area contributed by atoms with Gasteiger partial charge in [0, 0.05) is 23.7 Å². The molecule has 4 heteroatoms. The fraction of sp³-hybridized carbons (Fsp3) is 0.0625. The molecule has 1 aromatic heterocycles. The monoisotopic (exact) mass is 266 g/mol. The number of nitrogens with zero attached hydrogens (tertiary/aromatic N) is 1. The summed E-state index contributed by atoms with van der Waals surface area (Å²) in [7, 11) is 0. The molecular weight excluding hydrogens is 252 g/mol. The van der Waals surface area contributed by atoms with Crippen molar-refractivity contribution in [3.05, 3.63) is 66.4 Å². The number of hydrogen-bond donors (Lipinski definition) is 2. The van der Waals surface area contributed by atoms with Crippen LogP contribution in [0.15, 0.2) is 60.8 Å². The topological polar surface area (TPSA) is 54.3 Å². The Morgan fingerprint density at radius 2 is 1.80 bits per heavy atom. The first-order valence-corrected chi connectivity index (χ1v) is 6.37. The lowest BCUT2D eigenvalue weighted by Gasteiger charge is -2.08. The van der Waals surface area contributed by atoms with Crippen LogP contribution in [0.3, 0.4) is 0 Å². The molecule has 1 heterocycles. The van der Waals surface area contributed by atoms with Crippen LogP contribution < -0.4 is 5.32 Å². The van der Waals surface area contributed by atoms with Crippen LogP contribution >= 0.6 is 0 Å². The number of phenolic OH excluding ortho intramolecular Hbond substituents is 1. The maximum absolute atomic E-state index is 12.2. The van der Waals surface area contributed by atoms with Crippen molar-refractivity contribution < 1.29 is 9.90 Å². The summed E-state index contributed by atoms with van der Waals surface area (Å²) in [6.07, 6.45) is 1.74. The minimum atomic E-state index is -0.213. The van der Waals surface area contributed by atoms with Crippen LogP contribution in [0.2, 0.25) is 0 Å². The average molecular weight is 266 g/mol. The molecule has 20 heavy (non-hydrogen) atoms. The molecule has 0 bridgehead atoms. The van der Waals surface area contributed by atoms with Crippen LogP contribution in [0, 0.1) is 0 Å². The molecule has 100 valence electrons. The summed E-state index contributed by atoms with van der Waals surface area (Å²) >= 11 is 0. The van der Waals surface area contributed by atoms with Gasteiger partial charge in [-0.05, 0) is 18.2 Å². The van der Waals surface area contributed by atoms with Gasteiger partial charge in [-0.3, -0.25) is 4.57 Å². The molecule has 0 unspecified atom stereocenters. The fourth-order valence-electron chi connectivity index (χ4n) is 2.18. The average Bonchev–Trinajstić information content (AvgIpc) is 2.90. The first kappa shape index (κ1) is 12.3. The first-order chi connectivity index (χ1) is 9.75. The van der Waals surface area contributed by atoms with Gasteiger partial charge < -0.3 is 10.4 Å². The van der Waals surface area contributed by atoms with E-state index in [1.165, 1.54) is 0 Å². The predicted octanol–water partition coefficient (Wildman–Crippen LogP) is 3.10. The minimum Gasteiger partial charge on any atom is -0.508 e. The lowest BCUT2D eigenvalue weighted by Crippen LogP contribution is -2.27. The molecule has 0 saturated carbocycles. The standard InChI is InChI=1S/C16H14N2O2/c19-15-8-4-2-6-13(15)11-17-16(20)18-10-9-12-5-1-3-7-14(12)18/h1-10,19H,11H2,(H,17,20). The second-order valence-electron chi connectivity index (χ2n) is 4.53. The Balaban J connectivity index is 1.79. The predicted molar refractivity (Wildman–Crippen MR) is 77.7 cm³/mol. The van der Waals surface area contributed by atoms with E-state index in [-0.39, 0.29) is 18.3 Å². The molecule has 0 aliphatic rings.